The molecule has 8 heteroatoms. The molecule has 1 aliphatic heterocycles. The molecule has 1 unspecified atom stereocenters. The Morgan fingerprint density at radius 1 is 1.35 bits per heavy atom. The van der Waals surface area contributed by atoms with Gasteiger partial charge in [0, 0.05) is 17.2 Å². The molecular weight excluding hydrogens is 341 g/mol. The first-order valence-corrected chi connectivity index (χ1v) is 6.43. The second-order valence-electron chi connectivity index (χ2n) is 4.38. The van der Waals surface area contributed by atoms with Crippen LogP contribution in [0.15, 0.2) is 22.7 Å². The monoisotopic (exact) mass is 350 g/mol. The minimum Gasteiger partial charge on any atom is -0.373 e. The smallest absolute Gasteiger partial charge is 0.373 e. The highest BCUT2D eigenvalue weighted by Crippen LogP contribution is 2.37. The molecule has 20 heavy (non-hydrogen) atoms. The summed E-state index contributed by atoms with van der Waals surface area (Å²) in [5.74, 6) is -0.954. The van der Waals surface area contributed by atoms with E-state index in [-0.39, 0.29) is 16.6 Å². The van der Waals surface area contributed by atoms with Crippen LogP contribution in [0.5, 0.6) is 0 Å². The molecule has 1 atom stereocenters. The van der Waals surface area contributed by atoms with E-state index in [1.54, 1.807) is 0 Å². The predicted octanol–water partition coefficient (Wildman–Crippen LogP) is 2.64. The number of halogens is 4. The zero-order valence-electron chi connectivity index (χ0n) is 10.3. The third-order valence-electron chi connectivity index (χ3n) is 3.00. The maximum Gasteiger partial charge on any atom is 0.418 e. The average Bonchev–Trinajstić information content (AvgIpc) is 2.58. The van der Waals surface area contributed by atoms with Crippen molar-refractivity contribution in [3.8, 4) is 0 Å². The Kier molecular flexibility index (Phi) is 3.77. The minimum absolute atomic E-state index is 0.150. The summed E-state index contributed by atoms with van der Waals surface area (Å²) in [6.45, 7) is 0. The van der Waals surface area contributed by atoms with E-state index in [0.717, 1.165) is 11.0 Å². The number of nitrogens with one attached hydrogen (secondary N) is 1. The molecule has 108 valence electrons. The maximum absolute atomic E-state index is 12.9. The molecule has 0 saturated carbocycles. The van der Waals surface area contributed by atoms with E-state index in [0.29, 0.717) is 0 Å². The first kappa shape index (κ1) is 14.8. The van der Waals surface area contributed by atoms with Gasteiger partial charge in [-0.05, 0) is 18.2 Å². The van der Waals surface area contributed by atoms with Crippen molar-refractivity contribution in [1.29, 1.82) is 0 Å². The van der Waals surface area contributed by atoms with Gasteiger partial charge in [-0.15, -0.1) is 0 Å². The van der Waals surface area contributed by atoms with E-state index >= 15 is 0 Å². The standard InChI is InChI=1S/C12H10BrF3N2O2/c1-18-10(19)5-9(11(18)20)17-8-3-2-6(13)4-7(8)12(14,15)16/h2-4,9,17H,5H2,1H3. The van der Waals surface area contributed by atoms with Crippen molar-refractivity contribution in [3.63, 3.8) is 0 Å². The fourth-order valence-corrected chi connectivity index (χ4v) is 2.29. The van der Waals surface area contributed by atoms with Crippen LogP contribution in [0.4, 0.5) is 18.9 Å². The van der Waals surface area contributed by atoms with Crippen LogP contribution in [0.25, 0.3) is 0 Å². The molecule has 1 aromatic carbocycles. The third-order valence-corrected chi connectivity index (χ3v) is 3.49. The number of likely N-dealkylation sites (N-methyl/N-ethyl adjacent to an activating group) is 1. The first-order valence-electron chi connectivity index (χ1n) is 5.64. The number of alkyl halides is 3. The fourth-order valence-electron chi connectivity index (χ4n) is 1.93. The van der Waals surface area contributed by atoms with Crippen LogP contribution in [0.1, 0.15) is 12.0 Å². The lowest BCUT2D eigenvalue weighted by atomic mass is 10.1. The molecule has 1 aromatic rings. The zero-order valence-corrected chi connectivity index (χ0v) is 11.9. The SMILES string of the molecule is CN1C(=O)CC(Nc2ccc(Br)cc2C(F)(F)F)C1=O. The van der Waals surface area contributed by atoms with Gasteiger partial charge in [-0.25, -0.2) is 0 Å². The first-order chi connectivity index (χ1) is 9.20. The predicted molar refractivity (Wildman–Crippen MR) is 68.9 cm³/mol. The van der Waals surface area contributed by atoms with Crippen molar-refractivity contribution < 1.29 is 22.8 Å². The van der Waals surface area contributed by atoms with Crippen LogP contribution in [0, 0.1) is 0 Å². The van der Waals surface area contributed by atoms with Crippen molar-refractivity contribution in [1.82, 2.24) is 4.90 Å². The minimum atomic E-state index is -4.55. The Morgan fingerprint density at radius 3 is 2.50 bits per heavy atom. The van der Waals surface area contributed by atoms with Crippen molar-refractivity contribution >= 4 is 33.4 Å². The third kappa shape index (κ3) is 2.79. The average molecular weight is 351 g/mol. The van der Waals surface area contributed by atoms with Gasteiger partial charge in [0.25, 0.3) is 5.91 Å². The number of hydrogen-bond acceptors (Lipinski definition) is 3. The highest BCUT2D eigenvalue weighted by molar-refractivity contribution is 9.10. The highest BCUT2D eigenvalue weighted by atomic mass is 79.9. The Bertz CT molecular complexity index is 574. The van der Waals surface area contributed by atoms with Crippen molar-refractivity contribution in [3.05, 3.63) is 28.2 Å². The van der Waals surface area contributed by atoms with Crippen LogP contribution in [-0.4, -0.2) is 29.8 Å². The summed E-state index contributed by atoms with van der Waals surface area (Å²) in [6.07, 6.45) is -4.70. The summed E-state index contributed by atoms with van der Waals surface area (Å²) in [5, 5.41) is 2.50. The van der Waals surface area contributed by atoms with Crippen molar-refractivity contribution in [2.24, 2.45) is 0 Å². The summed E-state index contributed by atoms with van der Waals surface area (Å²) < 4.78 is 39.1. The van der Waals surface area contributed by atoms with E-state index in [4.69, 9.17) is 0 Å². The van der Waals surface area contributed by atoms with E-state index in [1.807, 2.05) is 0 Å². The quantitative estimate of drug-likeness (QED) is 0.834. The highest BCUT2D eigenvalue weighted by Gasteiger charge is 2.39. The van der Waals surface area contributed by atoms with E-state index < -0.39 is 29.6 Å². The molecule has 0 aromatic heterocycles. The largest absolute Gasteiger partial charge is 0.418 e. The summed E-state index contributed by atoms with van der Waals surface area (Å²) in [7, 11) is 1.30. The molecule has 1 heterocycles. The molecule has 0 aliphatic carbocycles. The summed E-state index contributed by atoms with van der Waals surface area (Å²) in [5.41, 5.74) is -1.11. The molecule has 0 radical (unpaired) electrons. The second-order valence-corrected chi connectivity index (χ2v) is 5.30. The van der Waals surface area contributed by atoms with Crippen LogP contribution < -0.4 is 5.32 Å². The Morgan fingerprint density at radius 2 is 2.00 bits per heavy atom. The van der Waals surface area contributed by atoms with Gasteiger partial charge in [0.2, 0.25) is 5.91 Å². The zero-order chi connectivity index (χ0) is 15.1. The molecule has 0 bridgehead atoms. The molecule has 2 amide bonds. The second kappa shape index (κ2) is 5.08. The van der Waals surface area contributed by atoms with Gasteiger partial charge in [-0.3, -0.25) is 14.5 Å². The Balaban J connectivity index is 2.31. The van der Waals surface area contributed by atoms with Gasteiger partial charge in [0.1, 0.15) is 6.04 Å². The number of nitrogens with zero attached hydrogens (tertiary/aromatic N) is 1. The summed E-state index contributed by atoms with van der Waals surface area (Å²) in [6, 6.07) is 2.62. The number of likely N-dealkylation sites (tertiary alicyclic amines) is 1. The van der Waals surface area contributed by atoms with Gasteiger partial charge in [-0.2, -0.15) is 13.2 Å². The Labute approximate surface area is 121 Å². The van der Waals surface area contributed by atoms with Crippen molar-refractivity contribution in [2.75, 3.05) is 12.4 Å². The lowest BCUT2D eigenvalue weighted by molar-refractivity contribution is -0.138. The number of carbonyl (C=O) groups is 2. The number of hydrogen-bond donors (Lipinski definition) is 1. The lowest BCUT2D eigenvalue weighted by Crippen LogP contribution is -2.32. The molecule has 4 nitrogen and oxygen atoms in total. The molecule has 1 aliphatic rings. The normalized spacial score (nSPS) is 19.6. The number of carbonyl (C=O) groups excluding carboxylic acids is 2. The van der Waals surface area contributed by atoms with Crippen LogP contribution in [0.3, 0.4) is 0 Å². The molecular formula is C12H10BrF3N2O2. The maximum atomic E-state index is 12.9. The lowest BCUT2D eigenvalue weighted by Gasteiger charge is -2.17. The number of benzene rings is 1. The van der Waals surface area contributed by atoms with E-state index in [1.165, 1.54) is 19.2 Å². The number of amides is 2. The summed E-state index contributed by atoms with van der Waals surface area (Å²) in [4.78, 5) is 24.0. The topological polar surface area (TPSA) is 49.4 Å². The molecule has 0 spiro atoms. The molecule has 1 N–H and O–H groups in total. The molecule has 2 rings (SSSR count). The molecule has 1 fully saturated rings. The van der Waals surface area contributed by atoms with Gasteiger partial charge in [0.15, 0.2) is 0 Å². The summed E-state index contributed by atoms with van der Waals surface area (Å²) >= 11 is 2.98. The van der Waals surface area contributed by atoms with Gasteiger partial charge in [0.05, 0.1) is 12.0 Å². The van der Waals surface area contributed by atoms with Gasteiger partial charge < -0.3 is 5.32 Å². The van der Waals surface area contributed by atoms with Crippen molar-refractivity contribution in [2.45, 2.75) is 18.6 Å². The fraction of sp³-hybridized carbons (Fsp3) is 0.333. The number of rotatable bonds is 2. The van der Waals surface area contributed by atoms with E-state index in [2.05, 4.69) is 21.2 Å². The Hall–Kier alpha value is -1.57. The number of imide groups is 1. The van der Waals surface area contributed by atoms with Gasteiger partial charge in [-0.1, -0.05) is 15.9 Å². The molecule has 1 saturated heterocycles. The van der Waals surface area contributed by atoms with Crippen LogP contribution >= 0.6 is 15.9 Å². The van der Waals surface area contributed by atoms with Gasteiger partial charge >= 0.3 is 6.18 Å². The van der Waals surface area contributed by atoms with Crippen LogP contribution in [0.2, 0.25) is 0 Å². The number of anilines is 1. The van der Waals surface area contributed by atoms with E-state index in [9.17, 15) is 22.8 Å². The van der Waals surface area contributed by atoms with Crippen LogP contribution in [-0.2, 0) is 15.8 Å².